The van der Waals surface area contributed by atoms with Gasteiger partial charge in [-0.15, -0.1) is 0 Å². The molecule has 4 nitrogen and oxygen atoms in total. The van der Waals surface area contributed by atoms with Crippen LogP contribution in [-0.2, 0) is 22.6 Å². The van der Waals surface area contributed by atoms with Crippen LogP contribution in [0.1, 0.15) is 33.4 Å². The summed E-state index contributed by atoms with van der Waals surface area (Å²) < 4.78 is 0. The van der Waals surface area contributed by atoms with E-state index in [1.807, 2.05) is 45.0 Å². The molecule has 2 aliphatic rings. The summed E-state index contributed by atoms with van der Waals surface area (Å²) in [4.78, 5) is 31.2. The van der Waals surface area contributed by atoms with Crippen LogP contribution in [0, 0.1) is 20.8 Å². The van der Waals surface area contributed by atoms with Crippen LogP contribution in [0.15, 0.2) is 66.4 Å². The van der Waals surface area contributed by atoms with Gasteiger partial charge in [0, 0.05) is 18.1 Å². The number of anilines is 1. The zero-order valence-corrected chi connectivity index (χ0v) is 19.7. The van der Waals surface area contributed by atoms with Gasteiger partial charge in [-0.05, 0) is 73.2 Å². The molecule has 0 atom stereocenters. The monoisotopic (exact) mass is 456 g/mol. The van der Waals surface area contributed by atoms with Crippen LogP contribution < -0.4 is 4.90 Å². The molecule has 3 aromatic rings. The smallest absolute Gasteiger partial charge is 0.282 e. The van der Waals surface area contributed by atoms with Gasteiger partial charge in [0.05, 0.1) is 11.3 Å². The largest absolute Gasteiger partial charge is 0.362 e. The van der Waals surface area contributed by atoms with E-state index >= 15 is 0 Å². The van der Waals surface area contributed by atoms with Crippen LogP contribution in [0.3, 0.4) is 0 Å². The van der Waals surface area contributed by atoms with Gasteiger partial charge in [0.25, 0.3) is 11.8 Å². The van der Waals surface area contributed by atoms with Crippen LogP contribution in [-0.4, -0.2) is 23.3 Å². The third-order valence-corrected chi connectivity index (χ3v) is 6.79. The lowest BCUT2D eigenvalue weighted by Crippen LogP contribution is -2.37. The normalized spacial score (nSPS) is 16.0. The molecule has 33 heavy (non-hydrogen) atoms. The van der Waals surface area contributed by atoms with Gasteiger partial charge in [-0.2, -0.15) is 0 Å². The molecular weight excluding hydrogens is 432 g/mol. The van der Waals surface area contributed by atoms with Crippen LogP contribution in [0.5, 0.6) is 0 Å². The SMILES string of the molecule is Cc1ccc(C2=C(N3CCc4ccccc4C3)C(=O)N(c3ccc(Cl)cc3C)C2=O)c(C)c1. The molecule has 0 aromatic heterocycles. The number of halogens is 1. The summed E-state index contributed by atoms with van der Waals surface area (Å²) in [6.45, 7) is 7.18. The van der Waals surface area contributed by atoms with Crippen molar-refractivity contribution < 1.29 is 9.59 Å². The first kappa shape index (κ1) is 21.5. The summed E-state index contributed by atoms with van der Waals surface area (Å²) in [5.41, 5.74) is 7.72. The quantitative estimate of drug-likeness (QED) is 0.481. The highest BCUT2D eigenvalue weighted by atomic mass is 35.5. The second-order valence-electron chi connectivity index (χ2n) is 8.86. The lowest BCUT2D eigenvalue weighted by Gasteiger charge is -2.31. The van der Waals surface area contributed by atoms with Gasteiger partial charge >= 0.3 is 0 Å². The van der Waals surface area contributed by atoms with E-state index in [9.17, 15) is 9.59 Å². The number of rotatable bonds is 3. The topological polar surface area (TPSA) is 40.6 Å². The summed E-state index contributed by atoms with van der Waals surface area (Å²) in [7, 11) is 0. The Morgan fingerprint density at radius 3 is 2.30 bits per heavy atom. The highest BCUT2D eigenvalue weighted by Crippen LogP contribution is 2.39. The van der Waals surface area contributed by atoms with Crippen molar-refractivity contribution in [1.82, 2.24) is 4.90 Å². The Hall–Kier alpha value is -3.37. The summed E-state index contributed by atoms with van der Waals surface area (Å²) in [5.74, 6) is -0.564. The predicted molar refractivity (Wildman–Crippen MR) is 132 cm³/mol. The highest BCUT2D eigenvalue weighted by Gasteiger charge is 2.43. The van der Waals surface area contributed by atoms with Crippen LogP contribution in [0.2, 0.25) is 5.02 Å². The number of carbonyl (C=O) groups is 2. The number of amides is 2. The van der Waals surface area contributed by atoms with Gasteiger partial charge in [0.15, 0.2) is 0 Å². The van der Waals surface area contributed by atoms with Crippen LogP contribution in [0.25, 0.3) is 5.57 Å². The molecule has 0 radical (unpaired) electrons. The zero-order chi connectivity index (χ0) is 23.3. The Balaban J connectivity index is 1.66. The highest BCUT2D eigenvalue weighted by molar-refractivity contribution is 6.45. The molecule has 5 rings (SSSR count). The molecule has 0 N–H and O–H groups in total. The van der Waals surface area contributed by atoms with Gasteiger partial charge in [-0.1, -0.05) is 59.6 Å². The number of hydrogen-bond acceptors (Lipinski definition) is 3. The molecule has 0 saturated carbocycles. The van der Waals surface area contributed by atoms with E-state index in [0.29, 0.717) is 35.1 Å². The molecule has 0 bridgehead atoms. The van der Waals surface area contributed by atoms with E-state index in [2.05, 4.69) is 23.1 Å². The van der Waals surface area contributed by atoms with Crippen molar-refractivity contribution in [3.05, 3.63) is 105 Å². The van der Waals surface area contributed by atoms with Crippen molar-refractivity contribution in [3.8, 4) is 0 Å². The molecule has 2 heterocycles. The molecule has 2 amide bonds. The van der Waals surface area contributed by atoms with Gasteiger partial charge in [-0.25, -0.2) is 4.90 Å². The van der Waals surface area contributed by atoms with Gasteiger partial charge < -0.3 is 4.90 Å². The lowest BCUT2D eigenvalue weighted by molar-refractivity contribution is -0.120. The first-order valence-electron chi connectivity index (χ1n) is 11.1. The van der Waals surface area contributed by atoms with Crippen molar-refractivity contribution in [2.75, 3.05) is 11.4 Å². The minimum absolute atomic E-state index is 0.278. The van der Waals surface area contributed by atoms with Crippen LogP contribution in [0.4, 0.5) is 5.69 Å². The Morgan fingerprint density at radius 2 is 1.58 bits per heavy atom. The Kier molecular flexibility index (Phi) is 5.34. The predicted octanol–water partition coefficient (Wildman–Crippen LogP) is 5.61. The third kappa shape index (κ3) is 3.65. The van der Waals surface area contributed by atoms with Crippen LogP contribution >= 0.6 is 11.6 Å². The fourth-order valence-corrected chi connectivity index (χ4v) is 5.15. The van der Waals surface area contributed by atoms with Crippen molar-refractivity contribution in [3.63, 3.8) is 0 Å². The second kappa shape index (κ2) is 8.20. The van der Waals surface area contributed by atoms with E-state index in [0.717, 1.165) is 28.7 Å². The number of benzene rings is 3. The van der Waals surface area contributed by atoms with E-state index in [4.69, 9.17) is 11.6 Å². The molecule has 2 aliphatic heterocycles. The van der Waals surface area contributed by atoms with E-state index in [1.54, 1.807) is 18.2 Å². The average Bonchev–Trinajstić information content (AvgIpc) is 3.04. The molecule has 0 saturated heterocycles. The summed E-state index contributed by atoms with van der Waals surface area (Å²) in [6, 6.07) is 19.6. The number of hydrogen-bond donors (Lipinski definition) is 0. The van der Waals surface area contributed by atoms with Gasteiger partial charge in [0.1, 0.15) is 5.70 Å². The maximum Gasteiger partial charge on any atom is 0.282 e. The third-order valence-electron chi connectivity index (χ3n) is 6.56. The lowest BCUT2D eigenvalue weighted by atomic mass is 9.95. The van der Waals surface area contributed by atoms with Crippen molar-refractivity contribution in [1.29, 1.82) is 0 Å². The summed E-state index contributed by atoms with van der Waals surface area (Å²) in [6.07, 6.45) is 0.835. The number of carbonyl (C=O) groups excluding carboxylic acids is 2. The summed E-state index contributed by atoms with van der Waals surface area (Å²) >= 11 is 6.15. The first-order valence-corrected chi connectivity index (χ1v) is 11.5. The molecule has 3 aromatic carbocycles. The molecule has 0 aliphatic carbocycles. The zero-order valence-electron chi connectivity index (χ0n) is 19.0. The molecule has 0 unspecified atom stereocenters. The van der Waals surface area contributed by atoms with Gasteiger partial charge in [0.2, 0.25) is 0 Å². The second-order valence-corrected chi connectivity index (χ2v) is 9.30. The fourth-order valence-electron chi connectivity index (χ4n) is 4.92. The number of nitrogens with zero attached hydrogens (tertiary/aromatic N) is 2. The molecule has 0 spiro atoms. The average molecular weight is 457 g/mol. The molecular formula is C28H25ClN2O2. The molecule has 0 fully saturated rings. The Morgan fingerprint density at radius 1 is 0.818 bits per heavy atom. The molecule has 5 heteroatoms. The molecule has 166 valence electrons. The minimum atomic E-state index is -0.286. The van der Waals surface area contributed by atoms with E-state index in [-0.39, 0.29) is 11.8 Å². The minimum Gasteiger partial charge on any atom is -0.362 e. The number of aryl methyl sites for hydroxylation is 3. The number of imide groups is 1. The maximum absolute atomic E-state index is 13.9. The van der Waals surface area contributed by atoms with E-state index < -0.39 is 0 Å². The van der Waals surface area contributed by atoms with Crippen molar-refractivity contribution in [2.45, 2.75) is 33.7 Å². The first-order chi connectivity index (χ1) is 15.8. The van der Waals surface area contributed by atoms with Crippen molar-refractivity contribution >= 4 is 34.7 Å². The van der Waals surface area contributed by atoms with E-state index in [1.165, 1.54) is 16.0 Å². The Bertz CT molecular complexity index is 1340. The Labute approximate surface area is 199 Å². The maximum atomic E-state index is 13.9. The van der Waals surface area contributed by atoms with Gasteiger partial charge in [-0.3, -0.25) is 9.59 Å². The number of fused-ring (bicyclic) bond motifs is 1. The fraction of sp³-hybridized carbons (Fsp3) is 0.214. The van der Waals surface area contributed by atoms with Crippen molar-refractivity contribution in [2.24, 2.45) is 0 Å². The summed E-state index contributed by atoms with van der Waals surface area (Å²) in [5, 5.41) is 0.575. The standard InChI is InChI=1S/C28H25ClN2O2/c1-17-8-10-23(18(2)14-17)25-26(30-13-12-20-6-4-5-7-21(20)16-30)28(33)31(27(25)32)24-11-9-22(29)15-19(24)3/h4-11,14-15H,12-13,16H2,1-3H3.